The molecule has 1 rings (SSSR count). The standard InChI is InChI=1S/C11H18O2/c1-2-3-4-5-7-10-8-6-9-11(12)13-10/h3-4,10H,2,5-9H2,1H3/b4-3-/t10-/m1/s1. The second-order valence-corrected chi connectivity index (χ2v) is 3.46. The summed E-state index contributed by atoms with van der Waals surface area (Å²) in [6.07, 6.45) is 10.3. The topological polar surface area (TPSA) is 26.3 Å². The van der Waals surface area contributed by atoms with E-state index in [1.54, 1.807) is 0 Å². The van der Waals surface area contributed by atoms with Gasteiger partial charge in [0.15, 0.2) is 0 Å². The van der Waals surface area contributed by atoms with Gasteiger partial charge in [-0.2, -0.15) is 0 Å². The fraction of sp³-hybridized carbons (Fsp3) is 0.727. The third-order valence-electron chi connectivity index (χ3n) is 2.26. The smallest absolute Gasteiger partial charge is 0.306 e. The Balaban J connectivity index is 2.13. The Kier molecular flexibility index (Phi) is 4.58. The van der Waals surface area contributed by atoms with Crippen molar-refractivity contribution in [2.75, 3.05) is 0 Å². The molecule has 1 aliphatic heterocycles. The molecule has 0 N–H and O–H groups in total. The number of hydrogen-bond acceptors (Lipinski definition) is 2. The lowest BCUT2D eigenvalue weighted by atomic mass is 10.0. The first-order chi connectivity index (χ1) is 6.33. The number of carbonyl (C=O) groups excluding carboxylic acids is 1. The lowest BCUT2D eigenvalue weighted by Gasteiger charge is -2.21. The van der Waals surface area contributed by atoms with E-state index in [-0.39, 0.29) is 12.1 Å². The van der Waals surface area contributed by atoms with Crippen LogP contribution in [0.4, 0.5) is 0 Å². The first kappa shape index (κ1) is 10.3. The first-order valence-corrected chi connectivity index (χ1v) is 5.17. The minimum Gasteiger partial charge on any atom is -0.462 e. The number of rotatable bonds is 4. The van der Waals surface area contributed by atoms with Crippen molar-refractivity contribution in [3.8, 4) is 0 Å². The second kappa shape index (κ2) is 5.79. The molecule has 0 aromatic heterocycles. The third kappa shape index (κ3) is 4.11. The number of ether oxygens (including phenoxy) is 1. The van der Waals surface area contributed by atoms with Crippen molar-refractivity contribution in [3.05, 3.63) is 12.2 Å². The van der Waals surface area contributed by atoms with Gasteiger partial charge in [0.1, 0.15) is 6.10 Å². The Morgan fingerprint density at radius 3 is 3.08 bits per heavy atom. The van der Waals surface area contributed by atoms with Crippen molar-refractivity contribution in [2.24, 2.45) is 0 Å². The molecule has 0 aromatic rings. The van der Waals surface area contributed by atoms with Crippen LogP contribution in [0.5, 0.6) is 0 Å². The van der Waals surface area contributed by atoms with Crippen LogP contribution in [0.3, 0.4) is 0 Å². The van der Waals surface area contributed by atoms with Crippen LogP contribution in [-0.4, -0.2) is 12.1 Å². The molecule has 0 saturated carbocycles. The molecule has 13 heavy (non-hydrogen) atoms. The predicted octanol–water partition coefficient (Wildman–Crippen LogP) is 2.83. The summed E-state index contributed by atoms with van der Waals surface area (Å²) in [5, 5.41) is 0. The number of allylic oxidation sites excluding steroid dienone is 2. The van der Waals surface area contributed by atoms with E-state index in [0.29, 0.717) is 6.42 Å². The molecule has 0 amide bonds. The van der Waals surface area contributed by atoms with Crippen molar-refractivity contribution in [1.82, 2.24) is 0 Å². The molecule has 0 radical (unpaired) electrons. The highest BCUT2D eigenvalue weighted by atomic mass is 16.5. The van der Waals surface area contributed by atoms with Crippen LogP contribution < -0.4 is 0 Å². The summed E-state index contributed by atoms with van der Waals surface area (Å²) in [7, 11) is 0. The van der Waals surface area contributed by atoms with Gasteiger partial charge in [-0.05, 0) is 32.1 Å². The molecular formula is C11H18O2. The summed E-state index contributed by atoms with van der Waals surface area (Å²) in [6, 6.07) is 0. The normalized spacial score (nSPS) is 23.5. The van der Waals surface area contributed by atoms with Crippen LogP contribution in [0, 0.1) is 0 Å². The summed E-state index contributed by atoms with van der Waals surface area (Å²) in [4.78, 5) is 10.9. The van der Waals surface area contributed by atoms with Crippen molar-refractivity contribution in [2.45, 2.75) is 51.6 Å². The summed E-state index contributed by atoms with van der Waals surface area (Å²) in [5.74, 6) is -0.0179. The van der Waals surface area contributed by atoms with Crippen LogP contribution in [0.1, 0.15) is 45.4 Å². The average molecular weight is 182 g/mol. The quantitative estimate of drug-likeness (QED) is 0.493. The fourth-order valence-corrected chi connectivity index (χ4v) is 1.55. The number of esters is 1. The zero-order valence-electron chi connectivity index (χ0n) is 8.29. The maximum atomic E-state index is 10.9. The SMILES string of the molecule is CC/C=C\CC[C@@H]1CCCC(=O)O1. The van der Waals surface area contributed by atoms with E-state index in [1.165, 1.54) is 0 Å². The maximum absolute atomic E-state index is 10.9. The molecule has 2 heteroatoms. The van der Waals surface area contributed by atoms with Crippen molar-refractivity contribution < 1.29 is 9.53 Å². The van der Waals surface area contributed by atoms with Crippen LogP contribution in [0.15, 0.2) is 12.2 Å². The highest BCUT2D eigenvalue weighted by molar-refractivity contribution is 5.70. The van der Waals surface area contributed by atoms with Gasteiger partial charge in [0.2, 0.25) is 0 Å². The molecule has 1 aliphatic rings. The van der Waals surface area contributed by atoms with Gasteiger partial charge in [0, 0.05) is 6.42 Å². The minimum absolute atomic E-state index is 0.0179. The van der Waals surface area contributed by atoms with Gasteiger partial charge >= 0.3 is 5.97 Å². The largest absolute Gasteiger partial charge is 0.462 e. The molecule has 1 fully saturated rings. The monoisotopic (exact) mass is 182 g/mol. The van der Waals surface area contributed by atoms with Crippen LogP contribution in [0.2, 0.25) is 0 Å². The first-order valence-electron chi connectivity index (χ1n) is 5.17. The van der Waals surface area contributed by atoms with E-state index >= 15 is 0 Å². The Hall–Kier alpha value is -0.790. The van der Waals surface area contributed by atoms with Gasteiger partial charge < -0.3 is 4.74 Å². The zero-order valence-corrected chi connectivity index (χ0v) is 8.29. The Morgan fingerprint density at radius 1 is 1.54 bits per heavy atom. The van der Waals surface area contributed by atoms with Crippen molar-refractivity contribution in [1.29, 1.82) is 0 Å². The van der Waals surface area contributed by atoms with Gasteiger partial charge in [-0.3, -0.25) is 4.79 Å². The molecule has 74 valence electrons. The van der Waals surface area contributed by atoms with Gasteiger partial charge in [0.05, 0.1) is 0 Å². The summed E-state index contributed by atoms with van der Waals surface area (Å²) in [6.45, 7) is 2.12. The number of carbonyl (C=O) groups is 1. The second-order valence-electron chi connectivity index (χ2n) is 3.46. The van der Waals surface area contributed by atoms with Crippen LogP contribution in [-0.2, 0) is 9.53 Å². The Labute approximate surface area is 80.0 Å². The van der Waals surface area contributed by atoms with E-state index in [0.717, 1.165) is 32.1 Å². The molecular weight excluding hydrogens is 164 g/mol. The van der Waals surface area contributed by atoms with E-state index in [2.05, 4.69) is 19.1 Å². The van der Waals surface area contributed by atoms with Gasteiger partial charge in [-0.15, -0.1) is 0 Å². The Morgan fingerprint density at radius 2 is 2.38 bits per heavy atom. The molecule has 1 heterocycles. The van der Waals surface area contributed by atoms with Crippen molar-refractivity contribution in [3.63, 3.8) is 0 Å². The average Bonchev–Trinajstić information content (AvgIpc) is 2.13. The van der Waals surface area contributed by atoms with Crippen molar-refractivity contribution >= 4 is 5.97 Å². The van der Waals surface area contributed by atoms with Gasteiger partial charge in [0.25, 0.3) is 0 Å². The maximum Gasteiger partial charge on any atom is 0.306 e. The summed E-state index contributed by atoms with van der Waals surface area (Å²) >= 11 is 0. The molecule has 2 nitrogen and oxygen atoms in total. The molecule has 1 atom stereocenters. The van der Waals surface area contributed by atoms with Crippen LogP contribution in [0.25, 0.3) is 0 Å². The van der Waals surface area contributed by atoms with E-state index < -0.39 is 0 Å². The van der Waals surface area contributed by atoms with Crippen LogP contribution >= 0.6 is 0 Å². The van der Waals surface area contributed by atoms with Gasteiger partial charge in [-0.25, -0.2) is 0 Å². The highest BCUT2D eigenvalue weighted by Crippen LogP contribution is 2.18. The number of hydrogen-bond donors (Lipinski definition) is 0. The molecule has 0 aromatic carbocycles. The molecule has 0 bridgehead atoms. The van der Waals surface area contributed by atoms with E-state index in [9.17, 15) is 4.79 Å². The summed E-state index contributed by atoms with van der Waals surface area (Å²) in [5.41, 5.74) is 0. The predicted molar refractivity (Wildman–Crippen MR) is 52.4 cm³/mol. The lowest BCUT2D eigenvalue weighted by molar-refractivity contribution is -0.153. The zero-order chi connectivity index (χ0) is 9.52. The summed E-state index contributed by atoms with van der Waals surface area (Å²) < 4.78 is 5.19. The highest BCUT2D eigenvalue weighted by Gasteiger charge is 2.18. The molecule has 0 spiro atoms. The number of cyclic esters (lactones) is 1. The molecule has 1 saturated heterocycles. The fourth-order valence-electron chi connectivity index (χ4n) is 1.55. The third-order valence-corrected chi connectivity index (χ3v) is 2.26. The van der Waals surface area contributed by atoms with E-state index in [1.807, 2.05) is 0 Å². The van der Waals surface area contributed by atoms with Gasteiger partial charge in [-0.1, -0.05) is 19.1 Å². The molecule has 0 unspecified atom stereocenters. The minimum atomic E-state index is -0.0179. The lowest BCUT2D eigenvalue weighted by Crippen LogP contribution is -2.23. The Bertz CT molecular complexity index is 185. The molecule has 0 aliphatic carbocycles. The van der Waals surface area contributed by atoms with E-state index in [4.69, 9.17) is 4.74 Å².